The molecule has 2 atom stereocenters. The lowest BCUT2D eigenvalue weighted by molar-refractivity contribution is 0.153. The molecule has 2 N–H and O–H groups in total. The van der Waals surface area contributed by atoms with Crippen molar-refractivity contribution < 1.29 is 4.74 Å². The van der Waals surface area contributed by atoms with Crippen molar-refractivity contribution in [1.29, 1.82) is 0 Å². The average Bonchev–Trinajstić information content (AvgIpc) is 2.42. The summed E-state index contributed by atoms with van der Waals surface area (Å²) in [4.78, 5) is 2.44. The van der Waals surface area contributed by atoms with Crippen LogP contribution in [0.15, 0.2) is 18.2 Å². The Hall–Kier alpha value is -0.770. The van der Waals surface area contributed by atoms with Gasteiger partial charge in [0, 0.05) is 12.1 Å². The van der Waals surface area contributed by atoms with Crippen molar-refractivity contribution in [2.24, 2.45) is 5.73 Å². The van der Waals surface area contributed by atoms with Gasteiger partial charge in [-0.2, -0.15) is 0 Å². The Bertz CT molecular complexity index is 436. The minimum Gasteiger partial charge on any atom is -0.492 e. The molecule has 4 heteroatoms. The molecule has 112 valence electrons. The van der Waals surface area contributed by atoms with E-state index in [1.165, 1.54) is 25.8 Å². The van der Waals surface area contributed by atoms with Gasteiger partial charge in [0.15, 0.2) is 0 Å². The molecule has 3 nitrogen and oxygen atoms in total. The molecule has 0 bridgehead atoms. The van der Waals surface area contributed by atoms with E-state index in [0.29, 0.717) is 17.7 Å². The predicted molar refractivity (Wildman–Crippen MR) is 84.4 cm³/mol. The van der Waals surface area contributed by atoms with Gasteiger partial charge in [-0.15, -0.1) is 0 Å². The van der Waals surface area contributed by atoms with Gasteiger partial charge >= 0.3 is 0 Å². The topological polar surface area (TPSA) is 38.5 Å². The van der Waals surface area contributed by atoms with Gasteiger partial charge in [0.05, 0.1) is 11.6 Å². The highest BCUT2D eigenvalue weighted by Crippen LogP contribution is 2.28. The van der Waals surface area contributed by atoms with Gasteiger partial charge in [0.1, 0.15) is 5.75 Å². The lowest BCUT2D eigenvalue weighted by atomic mass is 10.0. The van der Waals surface area contributed by atoms with Crippen LogP contribution in [0.1, 0.15) is 44.2 Å². The van der Waals surface area contributed by atoms with E-state index in [4.69, 9.17) is 22.1 Å². The van der Waals surface area contributed by atoms with E-state index in [2.05, 4.69) is 11.9 Å². The second-order valence-corrected chi connectivity index (χ2v) is 6.15. The van der Waals surface area contributed by atoms with Gasteiger partial charge in [-0.25, -0.2) is 0 Å². The largest absolute Gasteiger partial charge is 0.492 e. The zero-order valence-electron chi connectivity index (χ0n) is 12.4. The molecule has 1 aromatic carbocycles. The minimum absolute atomic E-state index is 0.00237. The summed E-state index contributed by atoms with van der Waals surface area (Å²) in [5.41, 5.74) is 6.88. The monoisotopic (exact) mass is 296 g/mol. The zero-order valence-corrected chi connectivity index (χ0v) is 13.2. The highest BCUT2D eigenvalue weighted by Gasteiger charge is 2.18. The van der Waals surface area contributed by atoms with Gasteiger partial charge in [0.2, 0.25) is 0 Å². The van der Waals surface area contributed by atoms with E-state index in [0.717, 1.165) is 17.7 Å². The number of piperidine rings is 1. The quantitative estimate of drug-likeness (QED) is 0.902. The molecule has 0 radical (unpaired) electrons. The van der Waals surface area contributed by atoms with E-state index in [1.807, 2.05) is 25.1 Å². The molecule has 1 heterocycles. The third-order valence-electron chi connectivity index (χ3n) is 4.11. The molecule has 0 aromatic heterocycles. The van der Waals surface area contributed by atoms with Crippen molar-refractivity contribution in [2.45, 2.75) is 44.7 Å². The Morgan fingerprint density at radius 2 is 2.25 bits per heavy atom. The molecule has 1 aromatic rings. The van der Waals surface area contributed by atoms with Gasteiger partial charge < -0.3 is 15.4 Å². The van der Waals surface area contributed by atoms with Crippen LogP contribution in [0, 0.1) is 0 Å². The van der Waals surface area contributed by atoms with Crippen LogP contribution in [0.25, 0.3) is 0 Å². The Kier molecular flexibility index (Phi) is 5.70. The van der Waals surface area contributed by atoms with Crippen LogP contribution in [0.2, 0.25) is 5.02 Å². The first-order valence-electron chi connectivity index (χ1n) is 7.46. The first-order valence-corrected chi connectivity index (χ1v) is 7.84. The molecule has 20 heavy (non-hydrogen) atoms. The molecule has 0 amide bonds. The van der Waals surface area contributed by atoms with E-state index in [-0.39, 0.29) is 6.04 Å². The fourth-order valence-electron chi connectivity index (χ4n) is 2.73. The van der Waals surface area contributed by atoms with Gasteiger partial charge in [-0.3, -0.25) is 0 Å². The Morgan fingerprint density at radius 3 is 2.90 bits per heavy atom. The summed E-state index contributed by atoms with van der Waals surface area (Å²) < 4.78 is 5.82. The summed E-state index contributed by atoms with van der Waals surface area (Å²) in [6.45, 7) is 3.87. The lowest BCUT2D eigenvalue weighted by Gasteiger charge is -2.32. The van der Waals surface area contributed by atoms with Crippen molar-refractivity contribution in [3.8, 4) is 5.75 Å². The van der Waals surface area contributed by atoms with Crippen LogP contribution in [0.5, 0.6) is 5.75 Å². The van der Waals surface area contributed by atoms with Crippen molar-refractivity contribution in [3.63, 3.8) is 0 Å². The number of benzene rings is 1. The molecule has 2 rings (SSSR count). The minimum atomic E-state index is -0.00237. The first-order chi connectivity index (χ1) is 9.58. The molecular formula is C16H25ClN2O. The lowest BCUT2D eigenvalue weighted by Crippen LogP contribution is -2.37. The van der Waals surface area contributed by atoms with Crippen molar-refractivity contribution in [1.82, 2.24) is 4.90 Å². The Labute approximate surface area is 127 Å². The second-order valence-electron chi connectivity index (χ2n) is 5.75. The van der Waals surface area contributed by atoms with Crippen LogP contribution in [0.3, 0.4) is 0 Å². The van der Waals surface area contributed by atoms with Crippen LogP contribution in [-0.4, -0.2) is 31.1 Å². The number of halogens is 1. The molecule has 0 saturated carbocycles. The van der Waals surface area contributed by atoms with Crippen LogP contribution >= 0.6 is 11.6 Å². The smallest absolute Gasteiger partial charge is 0.137 e. The Balaban J connectivity index is 1.84. The summed E-state index contributed by atoms with van der Waals surface area (Å²) in [5, 5.41) is 0.650. The maximum Gasteiger partial charge on any atom is 0.137 e. The van der Waals surface area contributed by atoms with Gasteiger partial charge in [0.25, 0.3) is 0 Å². The number of rotatable bonds is 5. The van der Waals surface area contributed by atoms with Crippen molar-refractivity contribution >= 4 is 11.6 Å². The first kappa shape index (κ1) is 15.6. The fraction of sp³-hybridized carbons (Fsp3) is 0.625. The van der Waals surface area contributed by atoms with E-state index in [1.54, 1.807) is 0 Å². The predicted octanol–water partition coefficient (Wildman–Crippen LogP) is 3.61. The van der Waals surface area contributed by atoms with E-state index >= 15 is 0 Å². The van der Waals surface area contributed by atoms with Crippen LogP contribution in [0.4, 0.5) is 0 Å². The molecule has 0 spiro atoms. The summed E-state index contributed by atoms with van der Waals surface area (Å²) in [6.07, 6.45) is 4.98. The highest BCUT2D eigenvalue weighted by molar-refractivity contribution is 6.32. The fourth-order valence-corrected chi connectivity index (χ4v) is 2.97. The number of ether oxygens (including phenoxy) is 1. The average molecular weight is 297 g/mol. The normalized spacial score (nSPS) is 21.7. The van der Waals surface area contributed by atoms with Crippen LogP contribution in [-0.2, 0) is 0 Å². The van der Waals surface area contributed by atoms with Crippen molar-refractivity contribution in [3.05, 3.63) is 28.8 Å². The summed E-state index contributed by atoms with van der Waals surface area (Å²) in [5.74, 6) is 0.759. The molecule has 0 aliphatic carbocycles. The molecule has 1 fully saturated rings. The third-order valence-corrected chi connectivity index (χ3v) is 4.41. The van der Waals surface area contributed by atoms with Gasteiger partial charge in [-0.1, -0.05) is 24.1 Å². The zero-order chi connectivity index (χ0) is 14.5. The van der Waals surface area contributed by atoms with E-state index in [9.17, 15) is 0 Å². The molecule has 1 aliphatic heterocycles. The summed E-state index contributed by atoms with van der Waals surface area (Å²) >= 11 is 6.23. The highest BCUT2D eigenvalue weighted by atomic mass is 35.5. The summed E-state index contributed by atoms with van der Waals surface area (Å²) in [6, 6.07) is 6.45. The number of hydrogen-bond donors (Lipinski definition) is 1. The second kappa shape index (κ2) is 7.30. The van der Waals surface area contributed by atoms with E-state index < -0.39 is 0 Å². The third kappa shape index (κ3) is 4.11. The van der Waals surface area contributed by atoms with Crippen molar-refractivity contribution in [2.75, 3.05) is 20.2 Å². The van der Waals surface area contributed by atoms with Gasteiger partial charge in [-0.05, 0) is 57.5 Å². The Morgan fingerprint density at radius 1 is 1.45 bits per heavy atom. The maximum absolute atomic E-state index is 6.23. The molecule has 1 aliphatic rings. The number of likely N-dealkylation sites (tertiary alicyclic amines) is 1. The molecular weight excluding hydrogens is 272 g/mol. The SMILES string of the molecule is CC(N)c1ccc(OCCC2CCCCN2C)c(Cl)c1. The summed E-state index contributed by atoms with van der Waals surface area (Å²) in [7, 11) is 2.20. The van der Waals surface area contributed by atoms with Crippen LogP contribution < -0.4 is 10.5 Å². The number of nitrogens with zero attached hydrogens (tertiary/aromatic N) is 1. The number of hydrogen-bond acceptors (Lipinski definition) is 3. The number of nitrogens with two attached hydrogens (primary N) is 1. The molecule has 1 saturated heterocycles. The standard InChI is InChI=1S/C16H25ClN2O/c1-12(18)13-6-7-16(15(17)11-13)20-10-8-14-5-3-4-9-19(14)2/h6-7,11-12,14H,3-5,8-10,18H2,1-2H3. The maximum atomic E-state index is 6.23. The molecule has 2 unspecified atom stereocenters.